The number of hydrogen-bond acceptors (Lipinski definition) is 5. The number of nitrogens with one attached hydrogen (secondary N) is 1. The Morgan fingerprint density at radius 3 is 2.56 bits per heavy atom. The number of pyridine rings is 1. The Balaban J connectivity index is 1.75. The Hall–Kier alpha value is -3.00. The van der Waals surface area contributed by atoms with Crippen molar-refractivity contribution in [1.29, 1.82) is 0 Å². The number of nitrogens with zero attached hydrogens (tertiary/aromatic N) is 3. The number of para-hydroxylation sites is 1. The Morgan fingerprint density at radius 2 is 1.88 bits per heavy atom. The second-order valence-corrected chi connectivity index (χ2v) is 13.3. The van der Waals surface area contributed by atoms with Crippen LogP contribution >= 0.6 is 10.0 Å². The van der Waals surface area contributed by atoms with Crippen LogP contribution in [0.2, 0.25) is 0 Å². The summed E-state index contributed by atoms with van der Waals surface area (Å²) < 4.78 is 1.59. The van der Waals surface area contributed by atoms with Crippen LogP contribution in [0.1, 0.15) is 34.5 Å². The van der Waals surface area contributed by atoms with Crippen LogP contribution in [0.15, 0.2) is 47.4 Å². The highest BCUT2D eigenvalue weighted by atomic mass is 32.3. The summed E-state index contributed by atoms with van der Waals surface area (Å²) in [5.74, 6) is 2.01. The number of aryl methyl sites for hydroxylation is 1. The molecule has 3 aromatic rings. The molecule has 2 N–H and O–H groups in total. The zero-order valence-electron chi connectivity index (χ0n) is 19.0. The minimum atomic E-state index is -0.985. The maximum Gasteiger partial charge on any atom is 0.337 e. The summed E-state index contributed by atoms with van der Waals surface area (Å²) >= 11 is 0. The van der Waals surface area contributed by atoms with Gasteiger partial charge in [0.1, 0.15) is 11.5 Å². The standard InChI is InChI=1S/C24H30N4O3S/c1-16-13-19(17(2)25-20-8-6-5-7-18(20)24(30)31)23-26-21(14-22(29)28(23)15-16)27-9-11-32(3,4)12-10-27/h5-8,13-15,17,25H,9-12H2,1-4H3,(H,30,31)/t17-/m1/s1. The molecule has 1 atom stereocenters. The van der Waals surface area contributed by atoms with Gasteiger partial charge in [-0.1, -0.05) is 12.1 Å². The largest absolute Gasteiger partial charge is 0.478 e. The van der Waals surface area contributed by atoms with Crippen molar-refractivity contribution >= 4 is 33.1 Å². The van der Waals surface area contributed by atoms with E-state index < -0.39 is 16.0 Å². The van der Waals surface area contributed by atoms with Gasteiger partial charge in [0, 0.05) is 36.6 Å². The molecule has 7 nitrogen and oxygen atoms in total. The van der Waals surface area contributed by atoms with Crippen LogP contribution in [0.3, 0.4) is 0 Å². The third-order valence-electron chi connectivity index (χ3n) is 6.06. The van der Waals surface area contributed by atoms with E-state index in [9.17, 15) is 14.7 Å². The van der Waals surface area contributed by atoms with Gasteiger partial charge >= 0.3 is 5.97 Å². The van der Waals surface area contributed by atoms with Crippen molar-refractivity contribution in [3.8, 4) is 0 Å². The second kappa shape index (κ2) is 8.50. The number of carboxylic acid groups (broad SMARTS) is 1. The Kier molecular flexibility index (Phi) is 5.90. The van der Waals surface area contributed by atoms with Gasteiger partial charge in [0.2, 0.25) is 0 Å². The van der Waals surface area contributed by atoms with Gasteiger partial charge in [0.05, 0.1) is 11.6 Å². The molecule has 0 radical (unpaired) electrons. The van der Waals surface area contributed by atoms with Gasteiger partial charge in [0.25, 0.3) is 5.56 Å². The molecule has 1 fully saturated rings. The number of rotatable bonds is 5. The van der Waals surface area contributed by atoms with Crippen molar-refractivity contribution < 1.29 is 9.90 Å². The van der Waals surface area contributed by atoms with Gasteiger partial charge in [-0.3, -0.25) is 9.20 Å². The molecule has 0 bridgehead atoms. The van der Waals surface area contributed by atoms with Crippen molar-refractivity contribution in [2.45, 2.75) is 19.9 Å². The molecule has 0 unspecified atom stereocenters. The number of carboxylic acids is 1. The first kappa shape index (κ1) is 22.2. The van der Waals surface area contributed by atoms with Gasteiger partial charge in [-0.05, 0) is 61.6 Å². The Morgan fingerprint density at radius 1 is 1.19 bits per heavy atom. The fraction of sp³-hybridized carbons (Fsp3) is 0.375. The van der Waals surface area contributed by atoms with Gasteiger partial charge in [-0.15, -0.1) is 0 Å². The molecule has 3 heterocycles. The first-order chi connectivity index (χ1) is 15.1. The van der Waals surface area contributed by atoms with Crippen LogP contribution in [0, 0.1) is 6.92 Å². The highest BCUT2D eigenvalue weighted by Gasteiger charge is 2.24. The summed E-state index contributed by atoms with van der Waals surface area (Å²) in [4.78, 5) is 31.7. The maximum absolute atomic E-state index is 13.0. The number of hydrogen-bond donors (Lipinski definition) is 2. The molecule has 0 saturated carbocycles. The molecule has 0 aliphatic carbocycles. The minimum absolute atomic E-state index is 0.106. The predicted octanol–water partition coefficient (Wildman–Crippen LogP) is 3.76. The maximum atomic E-state index is 13.0. The van der Waals surface area contributed by atoms with Crippen molar-refractivity contribution in [3.63, 3.8) is 0 Å². The van der Waals surface area contributed by atoms with E-state index in [1.54, 1.807) is 40.9 Å². The number of carbonyl (C=O) groups is 1. The topological polar surface area (TPSA) is 86.9 Å². The summed E-state index contributed by atoms with van der Waals surface area (Å²) in [7, 11) is -0.560. The van der Waals surface area contributed by atoms with Crippen molar-refractivity contribution in [2.24, 2.45) is 0 Å². The van der Waals surface area contributed by atoms with Gasteiger partial charge in [-0.25, -0.2) is 19.8 Å². The van der Waals surface area contributed by atoms with Gasteiger partial charge < -0.3 is 15.3 Å². The quantitative estimate of drug-likeness (QED) is 0.611. The third-order valence-corrected chi connectivity index (χ3v) is 8.64. The molecule has 1 aliphatic rings. The van der Waals surface area contributed by atoms with Crippen molar-refractivity contribution in [1.82, 2.24) is 9.38 Å². The van der Waals surface area contributed by atoms with Crippen LogP contribution in [0.25, 0.3) is 5.65 Å². The van der Waals surface area contributed by atoms with Crippen molar-refractivity contribution in [2.75, 3.05) is 47.3 Å². The lowest BCUT2D eigenvalue weighted by Crippen LogP contribution is -2.39. The molecule has 0 amide bonds. The van der Waals surface area contributed by atoms with Crippen LogP contribution in [-0.2, 0) is 0 Å². The van der Waals surface area contributed by atoms with E-state index in [1.807, 2.05) is 19.9 Å². The number of aromatic carboxylic acids is 1. The van der Waals surface area contributed by atoms with E-state index in [4.69, 9.17) is 4.98 Å². The minimum Gasteiger partial charge on any atom is -0.478 e. The summed E-state index contributed by atoms with van der Waals surface area (Å²) in [5.41, 5.74) is 3.03. The first-order valence-corrected chi connectivity index (χ1v) is 13.5. The van der Waals surface area contributed by atoms with E-state index in [2.05, 4.69) is 22.7 Å². The summed E-state index contributed by atoms with van der Waals surface area (Å²) in [6, 6.07) is 10.2. The predicted molar refractivity (Wildman–Crippen MR) is 133 cm³/mol. The lowest BCUT2D eigenvalue weighted by Gasteiger charge is -2.41. The molecule has 0 spiro atoms. The normalized spacial score (nSPS) is 17.7. The van der Waals surface area contributed by atoms with E-state index in [1.165, 1.54) is 0 Å². The van der Waals surface area contributed by atoms with E-state index >= 15 is 0 Å². The fourth-order valence-electron chi connectivity index (χ4n) is 4.10. The highest BCUT2D eigenvalue weighted by Crippen LogP contribution is 2.42. The number of anilines is 2. The first-order valence-electron chi connectivity index (χ1n) is 10.7. The molecular weight excluding hydrogens is 424 g/mol. The molecule has 170 valence electrons. The van der Waals surface area contributed by atoms with E-state index in [-0.39, 0.29) is 17.2 Å². The molecule has 1 saturated heterocycles. The van der Waals surface area contributed by atoms with E-state index in [0.29, 0.717) is 17.2 Å². The lowest BCUT2D eigenvalue weighted by molar-refractivity contribution is 0.0698. The summed E-state index contributed by atoms with van der Waals surface area (Å²) in [5, 5.41) is 12.8. The zero-order valence-corrected chi connectivity index (χ0v) is 19.8. The molecule has 2 aromatic heterocycles. The third kappa shape index (κ3) is 4.46. The summed E-state index contributed by atoms with van der Waals surface area (Å²) in [6.07, 6.45) is 6.52. The van der Waals surface area contributed by atoms with Crippen molar-refractivity contribution in [3.05, 3.63) is 69.6 Å². The number of fused-ring (bicyclic) bond motifs is 1. The molecular formula is C24H30N4O3S. The molecule has 8 heteroatoms. The molecule has 4 rings (SSSR count). The highest BCUT2D eigenvalue weighted by molar-refractivity contribution is 8.32. The number of benzene rings is 1. The van der Waals surface area contributed by atoms with Crippen LogP contribution in [-0.4, -0.2) is 57.6 Å². The fourth-order valence-corrected chi connectivity index (χ4v) is 5.74. The van der Waals surface area contributed by atoms with Crippen LogP contribution in [0.5, 0.6) is 0 Å². The number of aromatic nitrogens is 2. The Bertz CT molecular complexity index is 1230. The van der Waals surface area contributed by atoms with E-state index in [0.717, 1.165) is 35.7 Å². The SMILES string of the molecule is Cc1cc([C@@H](C)Nc2ccccc2C(=O)O)c2nc(N3CCS(C)(C)CC3)cc(=O)n2c1. The van der Waals surface area contributed by atoms with Crippen LogP contribution in [0.4, 0.5) is 11.5 Å². The monoisotopic (exact) mass is 454 g/mol. The zero-order chi connectivity index (χ0) is 23.0. The van der Waals surface area contributed by atoms with Gasteiger partial charge in [0.15, 0.2) is 0 Å². The second-order valence-electron chi connectivity index (χ2n) is 9.00. The average Bonchev–Trinajstić information content (AvgIpc) is 2.74. The smallest absolute Gasteiger partial charge is 0.337 e. The lowest BCUT2D eigenvalue weighted by atomic mass is 10.1. The van der Waals surface area contributed by atoms with Gasteiger partial charge in [-0.2, -0.15) is 0 Å². The van der Waals surface area contributed by atoms with Crippen LogP contribution < -0.4 is 15.8 Å². The molecule has 1 aromatic carbocycles. The average molecular weight is 455 g/mol. The molecule has 32 heavy (non-hydrogen) atoms. The summed E-state index contributed by atoms with van der Waals surface area (Å²) in [6.45, 7) is 5.72. The molecule has 1 aliphatic heterocycles. The Labute approximate surface area is 189 Å².